The van der Waals surface area contributed by atoms with Crippen molar-refractivity contribution in [3.05, 3.63) is 24.3 Å². The molecule has 0 amide bonds. The summed E-state index contributed by atoms with van der Waals surface area (Å²) in [5.74, 6) is 2.10. The molecule has 3 heteroatoms. The first-order chi connectivity index (χ1) is 7.76. The van der Waals surface area contributed by atoms with Crippen molar-refractivity contribution in [3.63, 3.8) is 0 Å². The summed E-state index contributed by atoms with van der Waals surface area (Å²) < 4.78 is 5.12. The highest BCUT2D eigenvalue weighted by atomic mass is 32.2. The van der Waals surface area contributed by atoms with E-state index in [1.165, 1.54) is 23.5 Å². The Hall–Kier alpha value is -0.670. The maximum atomic E-state index is 5.12. The smallest absolute Gasteiger partial charge is 0.118 e. The molecule has 2 nitrogen and oxygen atoms in total. The Morgan fingerprint density at radius 2 is 2.00 bits per heavy atom. The fourth-order valence-electron chi connectivity index (χ4n) is 1.40. The Morgan fingerprint density at radius 1 is 1.31 bits per heavy atom. The van der Waals surface area contributed by atoms with Gasteiger partial charge in [0.05, 0.1) is 7.11 Å². The van der Waals surface area contributed by atoms with Crippen molar-refractivity contribution in [3.8, 4) is 5.75 Å². The van der Waals surface area contributed by atoms with Gasteiger partial charge in [0.2, 0.25) is 0 Å². The van der Waals surface area contributed by atoms with Gasteiger partial charge in [-0.05, 0) is 56.8 Å². The molecule has 16 heavy (non-hydrogen) atoms. The monoisotopic (exact) mass is 239 g/mol. The minimum atomic E-state index is 0.622. The largest absolute Gasteiger partial charge is 0.497 e. The standard InChI is InChI=1S/C13H21NOS/c1-11(14-2)5-4-10-16-13-8-6-12(15-3)7-9-13/h6-9,11,14H,4-5,10H2,1-3H3. The summed E-state index contributed by atoms with van der Waals surface area (Å²) in [7, 11) is 3.71. The highest BCUT2D eigenvalue weighted by Gasteiger charge is 1.99. The maximum Gasteiger partial charge on any atom is 0.118 e. The number of nitrogens with one attached hydrogen (secondary N) is 1. The van der Waals surface area contributed by atoms with Crippen LogP contribution in [0.15, 0.2) is 29.2 Å². The van der Waals surface area contributed by atoms with Crippen molar-refractivity contribution in [2.24, 2.45) is 0 Å². The summed E-state index contributed by atoms with van der Waals surface area (Å²) in [6.07, 6.45) is 2.48. The summed E-state index contributed by atoms with van der Waals surface area (Å²) in [5.41, 5.74) is 0. The first kappa shape index (κ1) is 13.4. The highest BCUT2D eigenvalue weighted by Crippen LogP contribution is 2.22. The van der Waals surface area contributed by atoms with E-state index >= 15 is 0 Å². The highest BCUT2D eigenvalue weighted by molar-refractivity contribution is 7.99. The minimum Gasteiger partial charge on any atom is -0.497 e. The Morgan fingerprint density at radius 3 is 2.56 bits per heavy atom. The average Bonchev–Trinajstić information content (AvgIpc) is 2.35. The van der Waals surface area contributed by atoms with Gasteiger partial charge in [0.15, 0.2) is 0 Å². The van der Waals surface area contributed by atoms with Gasteiger partial charge in [0, 0.05) is 10.9 Å². The molecule has 0 radical (unpaired) electrons. The zero-order valence-electron chi connectivity index (χ0n) is 10.3. The number of rotatable bonds is 7. The van der Waals surface area contributed by atoms with Crippen molar-refractivity contribution >= 4 is 11.8 Å². The lowest BCUT2D eigenvalue weighted by atomic mass is 10.2. The topological polar surface area (TPSA) is 21.3 Å². The van der Waals surface area contributed by atoms with Crippen LogP contribution in [0.1, 0.15) is 19.8 Å². The molecule has 0 aromatic heterocycles. The fourth-order valence-corrected chi connectivity index (χ4v) is 2.27. The van der Waals surface area contributed by atoms with Crippen LogP contribution in [0.3, 0.4) is 0 Å². The van der Waals surface area contributed by atoms with Gasteiger partial charge in [0.1, 0.15) is 5.75 Å². The van der Waals surface area contributed by atoms with Crippen molar-refractivity contribution in [1.82, 2.24) is 5.32 Å². The lowest BCUT2D eigenvalue weighted by molar-refractivity contribution is 0.414. The van der Waals surface area contributed by atoms with Gasteiger partial charge in [-0.15, -0.1) is 11.8 Å². The molecular formula is C13H21NOS. The lowest BCUT2D eigenvalue weighted by Gasteiger charge is -2.09. The fraction of sp³-hybridized carbons (Fsp3) is 0.538. The molecule has 1 aromatic rings. The quantitative estimate of drug-likeness (QED) is 0.583. The van der Waals surface area contributed by atoms with Crippen molar-refractivity contribution in [2.75, 3.05) is 19.9 Å². The van der Waals surface area contributed by atoms with Gasteiger partial charge >= 0.3 is 0 Å². The molecule has 0 aliphatic rings. The summed E-state index contributed by atoms with van der Waals surface area (Å²) in [5, 5.41) is 3.25. The number of ether oxygens (including phenoxy) is 1. The van der Waals surface area contributed by atoms with E-state index in [2.05, 4.69) is 24.4 Å². The van der Waals surface area contributed by atoms with Gasteiger partial charge in [-0.3, -0.25) is 0 Å². The third kappa shape index (κ3) is 4.90. The van der Waals surface area contributed by atoms with E-state index < -0.39 is 0 Å². The van der Waals surface area contributed by atoms with Crippen LogP contribution >= 0.6 is 11.8 Å². The molecule has 0 spiro atoms. The van der Waals surface area contributed by atoms with E-state index in [4.69, 9.17) is 4.74 Å². The van der Waals surface area contributed by atoms with E-state index in [1.54, 1.807) is 7.11 Å². The minimum absolute atomic E-state index is 0.622. The average molecular weight is 239 g/mol. The zero-order chi connectivity index (χ0) is 11.8. The number of hydrogen-bond acceptors (Lipinski definition) is 3. The number of methoxy groups -OCH3 is 1. The van der Waals surface area contributed by atoms with Crippen LogP contribution in [0.25, 0.3) is 0 Å². The molecule has 1 rings (SSSR count). The van der Waals surface area contributed by atoms with Crippen molar-refractivity contribution < 1.29 is 4.74 Å². The molecular weight excluding hydrogens is 218 g/mol. The van der Waals surface area contributed by atoms with Crippen molar-refractivity contribution in [1.29, 1.82) is 0 Å². The van der Waals surface area contributed by atoms with E-state index in [-0.39, 0.29) is 0 Å². The van der Waals surface area contributed by atoms with Crippen LogP contribution in [0.5, 0.6) is 5.75 Å². The number of benzene rings is 1. The van der Waals surface area contributed by atoms with E-state index in [0.717, 1.165) is 5.75 Å². The second-order valence-corrected chi connectivity index (χ2v) is 5.02. The maximum absolute atomic E-state index is 5.12. The van der Waals surface area contributed by atoms with Crippen molar-refractivity contribution in [2.45, 2.75) is 30.7 Å². The normalized spacial score (nSPS) is 12.4. The molecule has 0 bridgehead atoms. The van der Waals surface area contributed by atoms with Crippen LogP contribution in [0, 0.1) is 0 Å². The lowest BCUT2D eigenvalue weighted by Crippen LogP contribution is -2.20. The summed E-state index contributed by atoms with van der Waals surface area (Å²) in [6, 6.07) is 8.88. The second-order valence-electron chi connectivity index (χ2n) is 3.86. The molecule has 0 aliphatic heterocycles. The van der Waals surface area contributed by atoms with Gasteiger partial charge in [-0.2, -0.15) is 0 Å². The molecule has 1 N–H and O–H groups in total. The summed E-state index contributed by atoms with van der Waals surface area (Å²) >= 11 is 1.91. The Balaban J connectivity index is 2.21. The van der Waals surface area contributed by atoms with E-state index in [0.29, 0.717) is 6.04 Å². The molecule has 1 aromatic carbocycles. The molecule has 0 heterocycles. The molecule has 1 atom stereocenters. The number of thioether (sulfide) groups is 1. The van der Waals surface area contributed by atoms with Gasteiger partial charge < -0.3 is 10.1 Å². The van der Waals surface area contributed by atoms with Crippen LogP contribution in [-0.2, 0) is 0 Å². The molecule has 0 aliphatic carbocycles. The van der Waals surface area contributed by atoms with Gasteiger partial charge in [0.25, 0.3) is 0 Å². The van der Waals surface area contributed by atoms with E-state index in [9.17, 15) is 0 Å². The predicted molar refractivity (Wildman–Crippen MR) is 71.5 cm³/mol. The third-order valence-electron chi connectivity index (χ3n) is 2.60. The van der Waals surface area contributed by atoms with Crippen LogP contribution in [0.2, 0.25) is 0 Å². The molecule has 90 valence electrons. The first-order valence-electron chi connectivity index (χ1n) is 5.70. The Bertz CT molecular complexity index is 286. The summed E-state index contributed by atoms with van der Waals surface area (Å²) in [4.78, 5) is 1.32. The van der Waals surface area contributed by atoms with Crippen LogP contribution in [-0.4, -0.2) is 26.0 Å². The predicted octanol–water partition coefficient (Wildman–Crippen LogP) is 3.18. The molecule has 0 saturated carbocycles. The third-order valence-corrected chi connectivity index (χ3v) is 3.70. The molecule has 1 unspecified atom stereocenters. The first-order valence-corrected chi connectivity index (χ1v) is 6.69. The zero-order valence-corrected chi connectivity index (χ0v) is 11.1. The van der Waals surface area contributed by atoms with E-state index in [1.807, 2.05) is 30.9 Å². The van der Waals surface area contributed by atoms with Crippen LogP contribution < -0.4 is 10.1 Å². The summed E-state index contributed by atoms with van der Waals surface area (Å²) in [6.45, 7) is 2.22. The molecule has 0 saturated heterocycles. The Labute approximate surface area is 103 Å². The second kappa shape index (κ2) is 7.58. The SMILES string of the molecule is CNC(C)CCCSc1ccc(OC)cc1. The van der Waals surface area contributed by atoms with Crippen LogP contribution in [0.4, 0.5) is 0 Å². The number of hydrogen-bond donors (Lipinski definition) is 1. The van der Waals surface area contributed by atoms with Gasteiger partial charge in [-0.25, -0.2) is 0 Å². The molecule has 0 fully saturated rings. The van der Waals surface area contributed by atoms with Gasteiger partial charge in [-0.1, -0.05) is 0 Å². The Kier molecular flexibility index (Phi) is 6.34.